The molecule has 152 valence electrons. The van der Waals surface area contributed by atoms with Gasteiger partial charge in [0.2, 0.25) is 5.89 Å². The summed E-state index contributed by atoms with van der Waals surface area (Å²) in [6, 6.07) is 6.69. The lowest BCUT2D eigenvalue weighted by atomic mass is 10.3. The molecule has 0 saturated carbocycles. The number of nitro benzene ring substituents is 1. The van der Waals surface area contributed by atoms with Gasteiger partial charge in [0.25, 0.3) is 17.5 Å². The molecule has 2 heterocycles. The number of ether oxygens (including phenoxy) is 1. The molecule has 0 saturated heterocycles. The van der Waals surface area contributed by atoms with Gasteiger partial charge in [0.05, 0.1) is 22.4 Å². The summed E-state index contributed by atoms with van der Waals surface area (Å²) in [5.41, 5.74) is -0.397. The number of nitrogens with zero attached hydrogens (tertiary/aromatic N) is 4. The molecule has 0 aliphatic rings. The van der Waals surface area contributed by atoms with Gasteiger partial charge in [-0.2, -0.15) is 0 Å². The molecule has 0 unspecified atom stereocenters. The van der Waals surface area contributed by atoms with Crippen LogP contribution in [-0.2, 0) is 11.3 Å². The topological polar surface area (TPSA) is 112 Å². The zero-order valence-electron chi connectivity index (χ0n) is 15.4. The molecule has 0 aliphatic heterocycles. The molecule has 0 atom stereocenters. The van der Waals surface area contributed by atoms with Gasteiger partial charge in [-0.3, -0.25) is 14.9 Å². The van der Waals surface area contributed by atoms with E-state index >= 15 is 0 Å². The monoisotopic (exact) mass is 420 g/mol. The predicted molar refractivity (Wildman–Crippen MR) is 102 cm³/mol. The van der Waals surface area contributed by atoms with Gasteiger partial charge < -0.3 is 14.1 Å². The fourth-order valence-electron chi connectivity index (χ4n) is 2.49. The van der Waals surface area contributed by atoms with E-state index in [-0.39, 0.29) is 18.2 Å². The van der Waals surface area contributed by atoms with E-state index < -0.39 is 28.9 Å². The van der Waals surface area contributed by atoms with Crippen molar-refractivity contribution in [3.05, 3.63) is 57.5 Å². The van der Waals surface area contributed by atoms with Crippen LogP contribution in [0.3, 0.4) is 0 Å². The molecule has 11 heteroatoms. The third-order valence-corrected chi connectivity index (χ3v) is 4.71. The second-order valence-electron chi connectivity index (χ2n) is 5.95. The fraction of sp³-hybridized carbons (Fsp3) is 0.278. The van der Waals surface area contributed by atoms with Crippen molar-refractivity contribution in [3.8, 4) is 16.5 Å². The molecule has 0 N–H and O–H groups in total. The van der Waals surface area contributed by atoms with E-state index in [1.807, 2.05) is 24.4 Å². The molecule has 9 nitrogen and oxygen atoms in total. The number of carbonyl (C=O) groups is 1. The number of amides is 1. The normalized spacial score (nSPS) is 10.7. The Morgan fingerprint density at radius 3 is 2.86 bits per heavy atom. The summed E-state index contributed by atoms with van der Waals surface area (Å²) in [7, 11) is 0. The van der Waals surface area contributed by atoms with Gasteiger partial charge in [-0.15, -0.1) is 21.5 Å². The summed E-state index contributed by atoms with van der Waals surface area (Å²) in [5, 5.41) is 20.5. The van der Waals surface area contributed by atoms with E-state index in [4.69, 9.17) is 9.15 Å². The number of benzene rings is 1. The number of aromatic nitrogens is 2. The maximum Gasteiger partial charge on any atom is 0.272 e. The molecule has 0 fully saturated rings. The van der Waals surface area contributed by atoms with E-state index in [1.54, 1.807) is 0 Å². The Morgan fingerprint density at radius 1 is 1.38 bits per heavy atom. The van der Waals surface area contributed by atoms with Crippen LogP contribution in [0, 0.1) is 15.9 Å². The number of carbonyl (C=O) groups excluding carboxylic acids is 1. The van der Waals surface area contributed by atoms with Crippen molar-refractivity contribution in [1.29, 1.82) is 0 Å². The Kier molecular flexibility index (Phi) is 6.50. The van der Waals surface area contributed by atoms with Crippen molar-refractivity contribution in [1.82, 2.24) is 15.1 Å². The highest BCUT2D eigenvalue weighted by Gasteiger charge is 2.19. The summed E-state index contributed by atoms with van der Waals surface area (Å²) in [6.45, 7) is 1.99. The minimum Gasteiger partial charge on any atom is -0.481 e. The molecule has 29 heavy (non-hydrogen) atoms. The van der Waals surface area contributed by atoms with Crippen molar-refractivity contribution >= 4 is 22.9 Å². The minimum atomic E-state index is -0.911. The lowest BCUT2D eigenvalue weighted by Gasteiger charge is -2.20. The second-order valence-corrected chi connectivity index (χ2v) is 6.90. The third-order valence-electron chi connectivity index (χ3n) is 3.85. The van der Waals surface area contributed by atoms with Gasteiger partial charge >= 0.3 is 0 Å². The molecule has 3 rings (SSSR count). The summed E-state index contributed by atoms with van der Waals surface area (Å²) >= 11 is 1.46. The smallest absolute Gasteiger partial charge is 0.272 e. The SMILES string of the molecule is CCCN(Cc1nnc(-c2cccs2)o1)C(=O)COc1ccc([N+](=O)[O-])cc1F. The summed E-state index contributed by atoms with van der Waals surface area (Å²) in [4.78, 5) is 24.8. The number of hydrogen-bond donors (Lipinski definition) is 0. The zero-order chi connectivity index (χ0) is 20.8. The highest BCUT2D eigenvalue weighted by molar-refractivity contribution is 7.13. The predicted octanol–water partition coefficient (Wildman–Crippen LogP) is 3.66. The number of halogens is 1. The van der Waals surface area contributed by atoms with E-state index in [1.165, 1.54) is 16.2 Å². The first kappa shape index (κ1) is 20.4. The Balaban J connectivity index is 1.63. The molecular weight excluding hydrogens is 403 g/mol. The first-order valence-corrected chi connectivity index (χ1v) is 9.56. The first-order valence-electron chi connectivity index (χ1n) is 8.68. The maximum atomic E-state index is 13.9. The zero-order valence-corrected chi connectivity index (χ0v) is 16.2. The van der Waals surface area contributed by atoms with E-state index in [0.717, 1.165) is 23.1 Å². The van der Waals surface area contributed by atoms with Crippen LogP contribution < -0.4 is 4.74 Å². The fourth-order valence-corrected chi connectivity index (χ4v) is 3.14. The summed E-state index contributed by atoms with van der Waals surface area (Å²) < 4.78 is 24.7. The molecule has 0 spiro atoms. The van der Waals surface area contributed by atoms with Gasteiger partial charge in [-0.05, 0) is 23.9 Å². The quantitative estimate of drug-likeness (QED) is 0.383. The number of nitro groups is 1. The highest BCUT2D eigenvalue weighted by atomic mass is 32.1. The van der Waals surface area contributed by atoms with E-state index in [2.05, 4.69) is 10.2 Å². The van der Waals surface area contributed by atoms with Crippen LogP contribution in [0.25, 0.3) is 10.8 Å². The Bertz CT molecular complexity index is 992. The van der Waals surface area contributed by atoms with E-state index in [9.17, 15) is 19.3 Å². The Hall–Kier alpha value is -3.34. The maximum absolute atomic E-state index is 13.9. The average molecular weight is 420 g/mol. The van der Waals surface area contributed by atoms with Crippen molar-refractivity contribution < 1.29 is 23.3 Å². The molecule has 3 aromatic rings. The standard InChI is InChI=1S/C18H17FN4O5S/c1-2-7-22(10-16-20-21-18(28-16)15-4-3-8-29-15)17(24)11-27-14-6-5-12(23(25)26)9-13(14)19/h3-6,8-9H,2,7,10-11H2,1H3. The Morgan fingerprint density at radius 2 is 2.21 bits per heavy atom. The summed E-state index contributed by atoms with van der Waals surface area (Å²) in [5.74, 6) is -0.898. The molecule has 0 bridgehead atoms. The largest absolute Gasteiger partial charge is 0.481 e. The lowest BCUT2D eigenvalue weighted by Crippen LogP contribution is -2.35. The molecule has 0 radical (unpaired) electrons. The molecule has 2 aromatic heterocycles. The van der Waals surface area contributed by atoms with Crippen LogP contribution in [0.1, 0.15) is 19.2 Å². The van der Waals surface area contributed by atoms with Crippen LogP contribution in [0.5, 0.6) is 5.75 Å². The molecular formula is C18H17FN4O5S. The van der Waals surface area contributed by atoms with Crippen LogP contribution >= 0.6 is 11.3 Å². The number of non-ortho nitro benzene ring substituents is 1. The van der Waals surface area contributed by atoms with Crippen molar-refractivity contribution in [3.63, 3.8) is 0 Å². The van der Waals surface area contributed by atoms with Gasteiger partial charge in [-0.1, -0.05) is 13.0 Å². The first-order chi connectivity index (χ1) is 14.0. The number of hydrogen-bond acceptors (Lipinski definition) is 8. The van der Waals surface area contributed by atoms with E-state index in [0.29, 0.717) is 18.9 Å². The van der Waals surface area contributed by atoms with Crippen LogP contribution in [0.2, 0.25) is 0 Å². The summed E-state index contributed by atoms with van der Waals surface area (Å²) in [6.07, 6.45) is 0.684. The van der Waals surface area contributed by atoms with Gasteiger partial charge in [0, 0.05) is 12.6 Å². The second kappa shape index (κ2) is 9.24. The third kappa shape index (κ3) is 5.13. The molecule has 0 aliphatic carbocycles. The van der Waals surface area contributed by atoms with Crippen LogP contribution in [0.4, 0.5) is 10.1 Å². The van der Waals surface area contributed by atoms with Gasteiger partial charge in [-0.25, -0.2) is 4.39 Å². The minimum absolute atomic E-state index is 0.0944. The molecule has 1 amide bonds. The number of rotatable bonds is 9. The highest BCUT2D eigenvalue weighted by Crippen LogP contribution is 2.24. The average Bonchev–Trinajstić information content (AvgIpc) is 3.38. The van der Waals surface area contributed by atoms with Gasteiger partial charge in [0.15, 0.2) is 18.2 Å². The lowest BCUT2D eigenvalue weighted by molar-refractivity contribution is -0.385. The van der Waals surface area contributed by atoms with Crippen molar-refractivity contribution in [2.45, 2.75) is 19.9 Å². The van der Waals surface area contributed by atoms with Crippen LogP contribution in [0.15, 0.2) is 40.1 Å². The van der Waals surface area contributed by atoms with Crippen molar-refractivity contribution in [2.75, 3.05) is 13.2 Å². The molecule has 1 aromatic carbocycles. The number of thiophene rings is 1. The Labute approximate surface area is 168 Å². The van der Waals surface area contributed by atoms with Crippen molar-refractivity contribution in [2.24, 2.45) is 0 Å². The van der Waals surface area contributed by atoms with Crippen LogP contribution in [-0.4, -0.2) is 39.1 Å². The van der Waals surface area contributed by atoms with Gasteiger partial charge in [0.1, 0.15) is 0 Å².